The van der Waals surface area contributed by atoms with Crippen LogP contribution in [0.3, 0.4) is 0 Å². The molecule has 2 saturated heterocycles. The van der Waals surface area contributed by atoms with E-state index in [0.717, 1.165) is 42.0 Å². The number of anilines is 1. The zero-order valence-electron chi connectivity index (χ0n) is 19.9. The number of nitrogens with zero attached hydrogens (tertiary/aromatic N) is 1. The van der Waals surface area contributed by atoms with Gasteiger partial charge in [-0.1, -0.05) is 12.5 Å². The number of aryl methyl sites for hydroxylation is 1. The molecule has 1 aromatic rings. The molecule has 0 bridgehead atoms. The number of unbranched alkanes of at least 4 members (excludes halogenated alkanes) is 1. The van der Waals surface area contributed by atoms with Crippen molar-refractivity contribution in [3.05, 3.63) is 23.8 Å². The maximum absolute atomic E-state index is 12.4. The number of ether oxygens (including phenoxy) is 1. The van der Waals surface area contributed by atoms with Crippen LogP contribution in [0, 0.1) is 6.92 Å². The lowest BCUT2D eigenvalue weighted by molar-refractivity contribution is -0.122. The van der Waals surface area contributed by atoms with Gasteiger partial charge >= 0.3 is 6.03 Å². The first-order valence-corrected chi connectivity index (χ1v) is 13.2. The molecular weight excluding hydrogens is 454 g/mol. The Balaban J connectivity index is 1.08. The zero-order valence-corrected chi connectivity index (χ0v) is 20.7. The van der Waals surface area contributed by atoms with Gasteiger partial charge in [-0.05, 0) is 44.4 Å². The first-order chi connectivity index (χ1) is 16.4. The number of urea groups is 1. The number of carbonyl (C=O) groups is 3. The number of hydrogen-bond donors (Lipinski definition) is 4. The number of thioether (sulfide) groups is 1. The van der Waals surface area contributed by atoms with Gasteiger partial charge in [0.25, 0.3) is 0 Å². The van der Waals surface area contributed by atoms with Gasteiger partial charge in [-0.2, -0.15) is 11.8 Å². The van der Waals surface area contributed by atoms with E-state index in [1.165, 1.54) is 0 Å². The Morgan fingerprint density at radius 1 is 1.18 bits per heavy atom. The second-order valence-corrected chi connectivity index (χ2v) is 10.6. The number of hydrogen-bond acceptors (Lipinski definition) is 6. The minimum atomic E-state index is -0.0734. The quantitative estimate of drug-likeness (QED) is 0.293. The molecule has 3 aliphatic heterocycles. The van der Waals surface area contributed by atoms with E-state index in [0.29, 0.717) is 31.3 Å². The standard InChI is InChI=1S/C24H35N5O4S/c1-15-7-8-18-19(11-15)33-16(2)12-29(18)13-22(31)26-10-9-25-21(30)6-4-3-5-20-23-17(14-34-20)27-24(32)28-23/h7-8,11,16-17,20,23H,3-6,9-10,12-14H2,1-2H3,(H,25,30)(H,26,31)(H2,27,28,32)/t16?,17-,20-,23-/m0/s1. The van der Waals surface area contributed by atoms with Crippen molar-refractivity contribution in [3.63, 3.8) is 0 Å². The number of rotatable bonds is 10. The van der Waals surface area contributed by atoms with Crippen LogP contribution in [0.15, 0.2) is 18.2 Å². The van der Waals surface area contributed by atoms with E-state index in [9.17, 15) is 14.4 Å². The lowest BCUT2D eigenvalue weighted by Crippen LogP contribution is -2.45. The summed E-state index contributed by atoms with van der Waals surface area (Å²) in [5.74, 6) is 1.70. The van der Waals surface area contributed by atoms with Crippen molar-refractivity contribution >= 4 is 35.3 Å². The monoisotopic (exact) mass is 489 g/mol. The van der Waals surface area contributed by atoms with Gasteiger partial charge in [0.05, 0.1) is 30.9 Å². The van der Waals surface area contributed by atoms with Gasteiger partial charge in [0.1, 0.15) is 11.9 Å². The number of amides is 4. The molecule has 4 N–H and O–H groups in total. The predicted octanol–water partition coefficient (Wildman–Crippen LogP) is 1.54. The third kappa shape index (κ3) is 6.28. The van der Waals surface area contributed by atoms with E-state index < -0.39 is 0 Å². The Morgan fingerprint density at radius 2 is 1.97 bits per heavy atom. The summed E-state index contributed by atoms with van der Waals surface area (Å²) in [6.45, 7) is 5.75. The maximum Gasteiger partial charge on any atom is 0.315 e. The summed E-state index contributed by atoms with van der Waals surface area (Å²) in [6, 6.07) is 6.41. The zero-order chi connectivity index (χ0) is 24.1. The van der Waals surface area contributed by atoms with Crippen LogP contribution in [0.5, 0.6) is 5.75 Å². The van der Waals surface area contributed by atoms with Crippen LogP contribution in [0.1, 0.15) is 38.2 Å². The van der Waals surface area contributed by atoms with Gasteiger partial charge in [-0.15, -0.1) is 0 Å². The molecule has 0 radical (unpaired) electrons. The van der Waals surface area contributed by atoms with Crippen LogP contribution in [-0.4, -0.2) is 73.2 Å². The normalized spacial score (nSPS) is 25.0. The molecule has 0 spiro atoms. The SMILES string of the molecule is Cc1ccc2c(c1)OC(C)CN2CC(=O)NCCNC(=O)CCCC[C@@H]1SC[C@@H]2NC(=O)N[C@@H]21. The largest absolute Gasteiger partial charge is 0.487 e. The molecule has 1 unspecified atom stereocenters. The lowest BCUT2D eigenvalue weighted by atomic mass is 10.0. The summed E-state index contributed by atoms with van der Waals surface area (Å²) in [5.41, 5.74) is 2.06. The smallest absolute Gasteiger partial charge is 0.315 e. The van der Waals surface area contributed by atoms with Crippen LogP contribution in [0.25, 0.3) is 0 Å². The molecule has 3 aliphatic rings. The second kappa shape index (κ2) is 11.2. The van der Waals surface area contributed by atoms with E-state index >= 15 is 0 Å². The Morgan fingerprint density at radius 3 is 2.79 bits per heavy atom. The van der Waals surface area contributed by atoms with Gasteiger partial charge in [0.15, 0.2) is 0 Å². The molecule has 4 atom stereocenters. The molecule has 0 aromatic heterocycles. The lowest BCUT2D eigenvalue weighted by Gasteiger charge is -2.34. The third-order valence-corrected chi connectivity index (χ3v) is 7.95. The molecule has 1 aromatic carbocycles. The molecule has 34 heavy (non-hydrogen) atoms. The Hall–Kier alpha value is -2.62. The van der Waals surface area contributed by atoms with Gasteiger partial charge in [-0.3, -0.25) is 9.59 Å². The molecule has 10 heteroatoms. The van der Waals surface area contributed by atoms with Crippen LogP contribution >= 0.6 is 11.8 Å². The predicted molar refractivity (Wildman–Crippen MR) is 133 cm³/mol. The van der Waals surface area contributed by atoms with E-state index in [4.69, 9.17) is 4.74 Å². The summed E-state index contributed by atoms with van der Waals surface area (Å²) >= 11 is 1.90. The van der Waals surface area contributed by atoms with Crippen molar-refractivity contribution in [2.45, 2.75) is 63.0 Å². The van der Waals surface area contributed by atoms with Gasteiger partial charge in [-0.25, -0.2) is 4.79 Å². The van der Waals surface area contributed by atoms with E-state index in [1.54, 1.807) is 0 Å². The number of benzene rings is 1. The number of fused-ring (bicyclic) bond motifs is 2. The Kier molecular flexibility index (Phi) is 8.07. The van der Waals surface area contributed by atoms with Gasteiger partial charge in [0.2, 0.25) is 11.8 Å². The highest BCUT2D eigenvalue weighted by Gasteiger charge is 2.42. The molecule has 186 valence electrons. The molecular formula is C24H35N5O4S. The van der Waals surface area contributed by atoms with Crippen molar-refractivity contribution in [1.29, 1.82) is 0 Å². The van der Waals surface area contributed by atoms with E-state index in [1.807, 2.05) is 48.7 Å². The summed E-state index contributed by atoms with van der Waals surface area (Å²) in [5, 5.41) is 12.1. The highest BCUT2D eigenvalue weighted by atomic mass is 32.2. The Bertz CT molecular complexity index is 913. The second-order valence-electron chi connectivity index (χ2n) is 9.35. The maximum atomic E-state index is 12.4. The van der Waals surface area contributed by atoms with Crippen molar-refractivity contribution in [3.8, 4) is 5.75 Å². The fraction of sp³-hybridized carbons (Fsp3) is 0.625. The third-order valence-electron chi connectivity index (χ3n) is 6.45. The highest BCUT2D eigenvalue weighted by Crippen LogP contribution is 2.34. The summed E-state index contributed by atoms with van der Waals surface area (Å²) in [6.07, 6.45) is 3.28. The number of nitrogens with one attached hydrogen (secondary N) is 4. The summed E-state index contributed by atoms with van der Waals surface area (Å²) in [4.78, 5) is 38.0. The molecule has 0 aliphatic carbocycles. The van der Waals surface area contributed by atoms with E-state index in [-0.39, 0.29) is 42.6 Å². The number of carbonyl (C=O) groups excluding carboxylic acids is 3. The van der Waals surface area contributed by atoms with Crippen LogP contribution in [0.2, 0.25) is 0 Å². The van der Waals surface area contributed by atoms with Crippen LogP contribution in [0.4, 0.5) is 10.5 Å². The highest BCUT2D eigenvalue weighted by molar-refractivity contribution is 8.00. The Labute approximate surface area is 205 Å². The minimum absolute atomic E-state index is 0.00772. The molecule has 2 fully saturated rings. The average Bonchev–Trinajstić information content (AvgIpc) is 3.33. The van der Waals surface area contributed by atoms with Gasteiger partial charge in [0, 0.05) is 30.5 Å². The summed E-state index contributed by atoms with van der Waals surface area (Å²) in [7, 11) is 0. The minimum Gasteiger partial charge on any atom is -0.487 e. The fourth-order valence-electron chi connectivity index (χ4n) is 4.78. The molecule has 4 rings (SSSR count). The molecule has 4 amide bonds. The van der Waals surface area contributed by atoms with Crippen molar-refractivity contribution < 1.29 is 19.1 Å². The van der Waals surface area contributed by atoms with Gasteiger partial charge < -0.3 is 30.9 Å². The van der Waals surface area contributed by atoms with Crippen molar-refractivity contribution in [1.82, 2.24) is 21.3 Å². The topological polar surface area (TPSA) is 112 Å². The first-order valence-electron chi connectivity index (χ1n) is 12.1. The molecule has 0 saturated carbocycles. The van der Waals surface area contributed by atoms with Crippen molar-refractivity contribution in [2.75, 3.05) is 36.8 Å². The summed E-state index contributed by atoms with van der Waals surface area (Å²) < 4.78 is 5.90. The average molecular weight is 490 g/mol. The first kappa shape index (κ1) is 24.5. The molecule has 3 heterocycles. The van der Waals surface area contributed by atoms with Crippen molar-refractivity contribution in [2.24, 2.45) is 0 Å². The van der Waals surface area contributed by atoms with E-state index in [2.05, 4.69) is 21.3 Å². The fourth-order valence-corrected chi connectivity index (χ4v) is 6.33. The molecule has 9 nitrogen and oxygen atoms in total. The van der Waals surface area contributed by atoms with Crippen LogP contribution in [-0.2, 0) is 9.59 Å². The van der Waals surface area contributed by atoms with Crippen LogP contribution < -0.4 is 30.9 Å².